The molecule has 1 amide bonds. The van der Waals surface area contributed by atoms with Crippen molar-refractivity contribution in [3.05, 3.63) is 82.2 Å². The normalized spacial score (nSPS) is 13.8. The first-order valence-corrected chi connectivity index (χ1v) is 11.1. The third-order valence-corrected chi connectivity index (χ3v) is 5.93. The van der Waals surface area contributed by atoms with Crippen molar-refractivity contribution in [1.29, 1.82) is 0 Å². The van der Waals surface area contributed by atoms with E-state index in [1.54, 1.807) is 24.0 Å². The molecule has 0 radical (unpaired) electrons. The van der Waals surface area contributed by atoms with Gasteiger partial charge in [-0.25, -0.2) is 0 Å². The second-order valence-corrected chi connectivity index (χ2v) is 8.32. The highest BCUT2D eigenvalue weighted by Gasteiger charge is 2.26. The number of esters is 1. The first-order valence-electron chi connectivity index (χ1n) is 11.1. The first kappa shape index (κ1) is 22.6. The summed E-state index contributed by atoms with van der Waals surface area (Å²) in [5, 5.41) is 3.92. The van der Waals surface area contributed by atoms with Crippen LogP contribution in [0, 0.1) is 13.8 Å². The standard InChI is InChI=1S/C26H28N2O5/c1-17-24(18(2)33-27-17)16-31-23-10-8-20(9-11-23)14-25(29)32-19(3)26(30)28-13-12-21-6-4-5-7-22(21)15-28/h4-11,19H,12-16H2,1-3H3. The molecule has 2 heterocycles. The zero-order chi connectivity index (χ0) is 23.4. The van der Waals surface area contributed by atoms with E-state index in [0.29, 0.717) is 25.4 Å². The van der Waals surface area contributed by atoms with Gasteiger partial charge >= 0.3 is 5.97 Å². The number of hydrogen-bond acceptors (Lipinski definition) is 6. The number of hydrogen-bond donors (Lipinski definition) is 0. The molecule has 0 spiro atoms. The van der Waals surface area contributed by atoms with Gasteiger partial charge in [-0.05, 0) is 56.0 Å². The lowest BCUT2D eigenvalue weighted by Gasteiger charge is -2.30. The Morgan fingerprint density at radius 2 is 1.82 bits per heavy atom. The Morgan fingerprint density at radius 3 is 2.52 bits per heavy atom. The second kappa shape index (κ2) is 9.90. The molecule has 0 bridgehead atoms. The molecular formula is C26H28N2O5. The third-order valence-electron chi connectivity index (χ3n) is 5.93. The lowest BCUT2D eigenvalue weighted by atomic mass is 9.99. The van der Waals surface area contributed by atoms with Crippen LogP contribution in [0.4, 0.5) is 0 Å². The summed E-state index contributed by atoms with van der Waals surface area (Å²) in [6.07, 6.45) is 0.0816. The molecule has 1 aliphatic heterocycles. The Hall–Kier alpha value is -3.61. The first-order chi connectivity index (χ1) is 15.9. The maximum absolute atomic E-state index is 12.8. The number of aryl methyl sites for hydroxylation is 2. The minimum atomic E-state index is -0.819. The molecule has 0 N–H and O–H groups in total. The Balaban J connectivity index is 1.26. The Morgan fingerprint density at radius 1 is 1.09 bits per heavy atom. The summed E-state index contributed by atoms with van der Waals surface area (Å²) in [6, 6.07) is 15.4. The van der Waals surface area contributed by atoms with Crippen LogP contribution in [0.2, 0.25) is 0 Å². The predicted molar refractivity (Wildman–Crippen MR) is 122 cm³/mol. The number of carbonyl (C=O) groups excluding carboxylic acids is 2. The van der Waals surface area contributed by atoms with Crippen LogP contribution < -0.4 is 4.74 Å². The van der Waals surface area contributed by atoms with Crippen molar-refractivity contribution >= 4 is 11.9 Å². The van der Waals surface area contributed by atoms with Gasteiger partial charge in [-0.2, -0.15) is 0 Å². The van der Waals surface area contributed by atoms with Gasteiger partial charge in [0.25, 0.3) is 5.91 Å². The van der Waals surface area contributed by atoms with Crippen LogP contribution in [0.3, 0.4) is 0 Å². The van der Waals surface area contributed by atoms with Crippen molar-refractivity contribution in [2.75, 3.05) is 6.54 Å². The number of aromatic nitrogens is 1. The maximum atomic E-state index is 12.8. The molecule has 7 heteroatoms. The molecule has 172 valence electrons. The van der Waals surface area contributed by atoms with Gasteiger partial charge in [0.15, 0.2) is 6.10 Å². The SMILES string of the molecule is Cc1noc(C)c1COc1ccc(CC(=O)OC(C)C(=O)N2CCc3ccccc3C2)cc1. The van der Waals surface area contributed by atoms with Crippen LogP contribution in [0.1, 0.15) is 40.6 Å². The Kier molecular flexibility index (Phi) is 6.77. The molecule has 3 aromatic rings. The lowest BCUT2D eigenvalue weighted by Crippen LogP contribution is -2.42. The third kappa shape index (κ3) is 5.42. The summed E-state index contributed by atoms with van der Waals surface area (Å²) < 4.78 is 16.4. The van der Waals surface area contributed by atoms with Crippen molar-refractivity contribution in [1.82, 2.24) is 10.1 Å². The number of fused-ring (bicyclic) bond motifs is 1. The zero-order valence-corrected chi connectivity index (χ0v) is 19.2. The van der Waals surface area contributed by atoms with Crippen molar-refractivity contribution in [3.63, 3.8) is 0 Å². The van der Waals surface area contributed by atoms with Crippen LogP contribution in [0.5, 0.6) is 5.75 Å². The van der Waals surface area contributed by atoms with E-state index in [1.165, 1.54) is 5.56 Å². The molecule has 7 nitrogen and oxygen atoms in total. The van der Waals surface area contributed by atoms with E-state index in [9.17, 15) is 9.59 Å². The van der Waals surface area contributed by atoms with E-state index in [4.69, 9.17) is 14.0 Å². The van der Waals surface area contributed by atoms with E-state index in [0.717, 1.165) is 34.6 Å². The molecule has 0 fully saturated rings. The number of nitrogens with zero attached hydrogens (tertiary/aromatic N) is 2. The maximum Gasteiger partial charge on any atom is 0.311 e. The average molecular weight is 449 g/mol. The van der Waals surface area contributed by atoms with Gasteiger partial charge in [-0.15, -0.1) is 0 Å². The summed E-state index contributed by atoms with van der Waals surface area (Å²) in [4.78, 5) is 26.9. The van der Waals surface area contributed by atoms with Crippen LogP contribution >= 0.6 is 0 Å². The van der Waals surface area contributed by atoms with Crippen LogP contribution in [-0.4, -0.2) is 34.6 Å². The van der Waals surface area contributed by atoms with Gasteiger partial charge in [-0.3, -0.25) is 9.59 Å². The van der Waals surface area contributed by atoms with Crippen LogP contribution in [0.15, 0.2) is 53.1 Å². The molecule has 2 aromatic carbocycles. The number of amides is 1. The van der Waals surface area contributed by atoms with Crippen LogP contribution in [0.25, 0.3) is 0 Å². The summed E-state index contributed by atoms with van der Waals surface area (Å²) in [5.41, 5.74) is 4.94. The molecule has 0 aliphatic carbocycles. The van der Waals surface area contributed by atoms with E-state index in [-0.39, 0.29) is 12.3 Å². The summed E-state index contributed by atoms with van der Waals surface area (Å²) in [6.45, 7) is 6.90. The fraction of sp³-hybridized carbons (Fsp3) is 0.346. The van der Waals surface area contributed by atoms with Gasteiger partial charge < -0.3 is 18.9 Å². The minimum absolute atomic E-state index is 0.0879. The minimum Gasteiger partial charge on any atom is -0.489 e. The number of carbonyl (C=O) groups is 2. The molecule has 1 atom stereocenters. The van der Waals surface area contributed by atoms with Gasteiger partial charge in [0.1, 0.15) is 18.1 Å². The predicted octanol–water partition coefficient (Wildman–Crippen LogP) is 3.93. The quantitative estimate of drug-likeness (QED) is 0.510. The second-order valence-electron chi connectivity index (χ2n) is 8.32. The van der Waals surface area contributed by atoms with Crippen molar-refractivity contribution in [2.45, 2.75) is 52.9 Å². The molecule has 33 heavy (non-hydrogen) atoms. The molecular weight excluding hydrogens is 420 g/mol. The van der Waals surface area contributed by atoms with Gasteiger partial charge in [0.2, 0.25) is 0 Å². The highest BCUT2D eigenvalue weighted by molar-refractivity contribution is 5.84. The monoisotopic (exact) mass is 448 g/mol. The summed E-state index contributed by atoms with van der Waals surface area (Å²) in [7, 11) is 0. The highest BCUT2D eigenvalue weighted by Crippen LogP contribution is 2.20. The smallest absolute Gasteiger partial charge is 0.311 e. The largest absolute Gasteiger partial charge is 0.489 e. The number of rotatable bonds is 7. The average Bonchev–Trinajstić information content (AvgIpc) is 3.14. The lowest BCUT2D eigenvalue weighted by molar-refractivity contribution is -0.159. The summed E-state index contributed by atoms with van der Waals surface area (Å²) in [5.74, 6) is 0.823. The van der Waals surface area contributed by atoms with E-state index in [2.05, 4.69) is 11.2 Å². The topological polar surface area (TPSA) is 81.9 Å². The molecule has 4 rings (SSSR count). The Bertz CT molecular complexity index is 1120. The summed E-state index contributed by atoms with van der Waals surface area (Å²) >= 11 is 0. The molecule has 1 aromatic heterocycles. The molecule has 0 saturated heterocycles. The fourth-order valence-corrected chi connectivity index (χ4v) is 3.96. The molecule has 1 unspecified atom stereocenters. The van der Waals surface area contributed by atoms with Crippen molar-refractivity contribution in [2.24, 2.45) is 0 Å². The Labute approximate surface area is 193 Å². The van der Waals surface area contributed by atoms with E-state index < -0.39 is 12.1 Å². The van der Waals surface area contributed by atoms with E-state index in [1.807, 2.05) is 44.2 Å². The molecule has 0 saturated carbocycles. The molecule has 1 aliphatic rings. The number of ether oxygens (including phenoxy) is 2. The van der Waals surface area contributed by atoms with Crippen molar-refractivity contribution in [3.8, 4) is 5.75 Å². The van der Waals surface area contributed by atoms with E-state index >= 15 is 0 Å². The zero-order valence-electron chi connectivity index (χ0n) is 19.2. The van der Waals surface area contributed by atoms with Gasteiger partial charge in [-0.1, -0.05) is 41.6 Å². The van der Waals surface area contributed by atoms with Crippen molar-refractivity contribution < 1.29 is 23.6 Å². The fourth-order valence-electron chi connectivity index (χ4n) is 3.96. The number of benzene rings is 2. The van der Waals surface area contributed by atoms with Gasteiger partial charge in [0.05, 0.1) is 17.7 Å². The van der Waals surface area contributed by atoms with Gasteiger partial charge in [0, 0.05) is 13.1 Å². The highest BCUT2D eigenvalue weighted by atomic mass is 16.5. The van der Waals surface area contributed by atoms with Crippen LogP contribution in [-0.2, 0) is 40.3 Å².